The van der Waals surface area contributed by atoms with Crippen molar-refractivity contribution in [3.8, 4) is 5.75 Å². The predicted molar refractivity (Wildman–Crippen MR) is 107 cm³/mol. The maximum absolute atomic E-state index is 12.9. The molecule has 3 rings (SSSR count). The Morgan fingerprint density at radius 3 is 2.78 bits per heavy atom. The molecule has 8 heteroatoms. The molecule has 0 saturated carbocycles. The minimum Gasteiger partial charge on any atom is -0.426 e. The number of aromatic nitrogens is 1. The van der Waals surface area contributed by atoms with Crippen LogP contribution in [-0.4, -0.2) is 23.7 Å². The van der Waals surface area contributed by atoms with Crippen LogP contribution in [0, 0.1) is 5.82 Å². The van der Waals surface area contributed by atoms with E-state index in [-0.39, 0.29) is 30.6 Å². The fourth-order valence-corrected chi connectivity index (χ4v) is 2.48. The molecule has 2 aromatic carbocycles. The lowest BCUT2D eigenvalue weighted by molar-refractivity contribution is -0.134. The van der Waals surface area contributed by atoms with E-state index >= 15 is 0 Å². The highest BCUT2D eigenvalue weighted by atomic mass is 35.5. The van der Waals surface area contributed by atoms with Gasteiger partial charge in [-0.25, -0.2) is 4.39 Å². The van der Waals surface area contributed by atoms with Crippen LogP contribution >= 0.6 is 12.4 Å². The summed E-state index contributed by atoms with van der Waals surface area (Å²) in [7, 11) is 0. The van der Waals surface area contributed by atoms with Crippen LogP contribution in [0.4, 0.5) is 10.1 Å². The SMILES string of the molecule is Cl.NCCCC(=O)Oc1cccc2[nH]cc(/C=N/Nc3ccc(F)cc3)c12. The van der Waals surface area contributed by atoms with Gasteiger partial charge in [-0.3, -0.25) is 10.2 Å². The second-order valence-corrected chi connectivity index (χ2v) is 5.67. The third-order valence-corrected chi connectivity index (χ3v) is 3.75. The number of nitrogens with two attached hydrogens (primary N) is 1. The average molecular weight is 391 g/mol. The minimum absolute atomic E-state index is 0. The molecule has 1 heterocycles. The maximum Gasteiger partial charge on any atom is 0.311 e. The fourth-order valence-electron chi connectivity index (χ4n) is 2.48. The maximum atomic E-state index is 12.9. The van der Waals surface area contributed by atoms with E-state index in [1.54, 1.807) is 30.6 Å². The zero-order valence-electron chi connectivity index (χ0n) is 14.4. The minimum atomic E-state index is -0.323. The Morgan fingerprint density at radius 1 is 1.26 bits per heavy atom. The fraction of sp³-hybridized carbons (Fsp3) is 0.158. The Morgan fingerprint density at radius 2 is 2.04 bits per heavy atom. The molecule has 0 aliphatic carbocycles. The molecule has 3 aromatic rings. The van der Waals surface area contributed by atoms with Crippen molar-refractivity contribution in [3.63, 3.8) is 0 Å². The van der Waals surface area contributed by atoms with E-state index in [9.17, 15) is 9.18 Å². The summed E-state index contributed by atoms with van der Waals surface area (Å²) >= 11 is 0. The number of hydrogen-bond donors (Lipinski definition) is 3. The van der Waals surface area contributed by atoms with Crippen LogP contribution in [0.2, 0.25) is 0 Å². The van der Waals surface area contributed by atoms with Crippen LogP contribution in [-0.2, 0) is 4.79 Å². The van der Waals surface area contributed by atoms with Gasteiger partial charge in [0.15, 0.2) is 0 Å². The molecule has 1 aromatic heterocycles. The molecule has 142 valence electrons. The number of benzene rings is 2. The molecule has 0 aliphatic heterocycles. The Kier molecular flexibility index (Phi) is 7.34. The number of hydrazone groups is 1. The number of nitrogens with one attached hydrogen (secondary N) is 2. The van der Waals surface area contributed by atoms with Gasteiger partial charge in [-0.2, -0.15) is 5.10 Å². The van der Waals surface area contributed by atoms with Crippen LogP contribution in [0.5, 0.6) is 5.75 Å². The molecule has 0 saturated heterocycles. The average Bonchev–Trinajstić information content (AvgIpc) is 3.06. The highest BCUT2D eigenvalue weighted by Crippen LogP contribution is 2.28. The van der Waals surface area contributed by atoms with E-state index in [1.807, 2.05) is 12.1 Å². The molecular weight excluding hydrogens is 371 g/mol. The lowest BCUT2D eigenvalue weighted by Gasteiger charge is -2.06. The molecule has 27 heavy (non-hydrogen) atoms. The Bertz CT molecular complexity index is 925. The number of fused-ring (bicyclic) bond motifs is 1. The smallest absolute Gasteiger partial charge is 0.311 e. The highest BCUT2D eigenvalue weighted by molar-refractivity contribution is 6.03. The first-order valence-electron chi connectivity index (χ1n) is 8.23. The van der Waals surface area contributed by atoms with Gasteiger partial charge in [0.25, 0.3) is 0 Å². The molecule has 0 atom stereocenters. The van der Waals surface area contributed by atoms with E-state index in [0.717, 1.165) is 16.5 Å². The number of halogens is 2. The van der Waals surface area contributed by atoms with Crippen molar-refractivity contribution >= 4 is 41.2 Å². The topological polar surface area (TPSA) is 92.5 Å². The number of rotatable bonds is 7. The van der Waals surface area contributed by atoms with Crippen molar-refractivity contribution in [3.05, 3.63) is 60.0 Å². The number of H-pyrrole nitrogens is 1. The number of esters is 1. The monoisotopic (exact) mass is 390 g/mol. The third kappa shape index (κ3) is 5.29. The van der Waals surface area contributed by atoms with Gasteiger partial charge in [0.1, 0.15) is 11.6 Å². The van der Waals surface area contributed by atoms with Crippen LogP contribution in [0.1, 0.15) is 18.4 Å². The number of carbonyl (C=O) groups excluding carboxylic acids is 1. The number of hydrogen-bond acceptors (Lipinski definition) is 5. The number of aromatic amines is 1. The van der Waals surface area contributed by atoms with E-state index in [4.69, 9.17) is 10.5 Å². The Hall–Kier alpha value is -2.90. The van der Waals surface area contributed by atoms with Crippen LogP contribution < -0.4 is 15.9 Å². The summed E-state index contributed by atoms with van der Waals surface area (Å²) in [5.74, 6) is -0.164. The molecule has 0 radical (unpaired) electrons. The summed E-state index contributed by atoms with van der Waals surface area (Å²) in [5, 5.41) is 4.92. The van der Waals surface area contributed by atoms with Crippen LogP contribution in [0.25, 0.3) is 10.9 Å². The van der Waals surface area contributed by atoms with Crippen molar-refractivity contribution in [2.24, 2.45) is 10.8 Å². The summed E-state index contributed by atoms with van der Waals surface area (Å²) in [6.07, 6.45) is 4.24. The first kappa shape index (κ1) is 20.4. The molecule has 0 amide bonds. The number of anilines is 1. The van der Waals surface area contributed by atoms with Gasteiger partial charge in [-0.1, -0.05) is 6.07 Å². The van der Waals surface area contributed by atoms with Gasteiger partial charge in [0, 0.05) is 23.7 Å². The van der Waals surface area contributed by atoms with Gasteiger partial charge in [0.05, 0.1) is 17.3 Å². The van der Waals surface area contributed by atoms with E-state index in [0.29, 0.717) is 24.4 Å². The summed E-state index contributed by atoms with van der Waals surface area (Å²) in [6.45, 7) is 0.441. The summed E-state index contributed by atoms with van der Waals surface area (Å²) in [6, 6.07) is 11.3. The Balaban J connectivity index is 0.00000261. The molecule has 4 N–H and O–H groups in total. The predicted octanol–water partition coefficient (Wildman–Crippen LogP) is 3.82. The Labute approximate surface area is 162 Å². The van der Waals surface area contributed by atoms with E-state index < -0.39 is 0 Å². The normalized spacial score (nSPS) is 10.7. The molecular formula is C19H20ClFN4O2. The molecule has 0 bridgehead atoms. The van der Waals surface area contributed by atoms with Crippen molar-refractivity contribution in [2.45, 2.75) is 12.8 Å². The second-order valence-electron chi connectivity index (χ2n) is 5.67. The number of ether oxygens (including phenoxy) is 1. The molecule has 0 fully saturated rings. The van der Waals surface area contributed by atoms with Crippen molar-refractivity contribution in [2.75, 3.05) is 12.0 Å². The van der Waals surface area contributed by atoms with Crippen molar-refractivity contribution in [1.82, 2.24) is 4.98 Å². The number of nitrogens with zero attached hydrogens (tertiary/aromatic N) is 1. The quantitative estimate of drug-likeness (QED) is 0.247. The largest absolute Gasteiger partial charge is 0.426 e. The molecule has 0 aliphatic rings. The van der Waals surface area contributed by atoms with Gasteiger partial charge >= 0.3 is 5.97 Å². The molecule has 0 spiro atoms. The van der Waals surface area contributed by atoms with Crippen molar-refractivity contribution < 1.29 is 13.9 Å². The van der Waals surface area contributed by atoms with E-state index in [1.165, 1.54) is 12.1 Å². The van der Waals surface area contributed by atoms with Gasteiger partial charge < -0.3 is 15.5 Å². The summed E-state index contributed by atoms with van der Waals surface area (Å²) in [4.78, 5) is 15.0. The van der Waals surface area contributed by atoms with Crippen LogP contribution in [0.3, 0.4) is 0 Å². The first-order chi connectivity index (χ1) is 12.7. The molecule has 6 nitrogen and oxygen atoms in total. The van der Waals surface area contributed by atoms with Gasteiger partial charge in [-0.05, 0) is 49.4 Å². The van der Waals surface area contributed by atoms with E-state index in [2.05, 4.69) is 15.5 Å². The first-order valence-corrected chi connectivity index (χ1v) is 8.23. The van der Waals surface area contributed by atoms with Gasteiger partial charge in [0.2, 0.25) is 0 Å². The number of carbonyl (C=O) groups is 1. The highest BCUT2D eigenvalue weighted by Gasteiger charge is 2.12. The van der Waals surface area contributed by atoms with Crippen LogP contribution in [0.15, 0.2) is 53.8 Å². The lowest BCUT2D eigenvalue weighted by atomic mass is 10.1. The summed E-state index contributed by atoms with van der Waals surface area (Å²) < 4.78 is 18.4. The molecule has 0 unspecified atom stereocenters. The lowest BCUT2D eigenvalue weighted by Crippen LogP contribution is -2.10. The summed E-state index contributed by atoms with van der Waals surface area (Å²) in [5.41, 5.74) is 10.5. The van der Waals surface area contributed by atoms with Crippen molar-refractivity contribution in [1.29, 1.82) is 0 Å². The zero-order chi connectivity index (χ0) is 18.4. The second kappa shape index (κ2) is 9.70. The van der Waals surface area contributed by atoms with Gasteiger partial charge in [-0.15, -0.1) is 12.4 Å². The third-order valence-electron chi connectivity index (χ3n) is 3.75. The standard InChI is InChI=1S/C19H19FN4O2.ClH/c20-14-6-8-15(9-7-14)24-23-12-13-11-22-16-3-1-4-17(19(13)16)26-18(25)5-2-10-21;/h1,3-4,6-9,11-12,22,24H,2,5,10,21H2;1H/b23-12+;. The zero-order valence-corrected chi connectivity index (χ0v) is 15.3.